The van der Waals surface area contributed by atoms with Gasteiger partial charge in [-0.2, -0.15) is 0 Å². The molecule has 1 unspecified atom stereocenters. The van der Waals surface area contributed by atoms with E-state index in [0.29, 0.717) is 6.54 Å². The Bertz CT molecular complexity index is 448. The summed E-state index contributed by atoms with van der Waals surface area (Å²) in [7, 11) is 0. The van der Waals surface area contributed by atoms with Crippen LogP contribution in [0.1, 0.15) is 26.7 Å². The molecule has 0 fully saturated rings. The number of carbonyl (C=O) groups excluding carboxylic acids is 1. The lowest BCUT2D eigenvalue weighted by Gasteiger charge is -2.14. The average Bonchev–Trinajstić information content (AvgIpc) is 2.39. The lowest BCUT2D eigenvalue weighted by atomic mass is 10.3. The molecular formula is C13H18N2O4. The SMILES string of the molecule is CCCCNC(=O)C(C)Oc1ccccc1[N+](=O)[O-]. The predicted molar refractivity (Wildman–Crippen MR) is 71.1 cm³/mol. The number of hydrogen-bond acceptors (Lipinski definition) is 4. The summed E-state index contributed by atoms with van der Waals surface area (Å²) in [4.78, 5) is 22.0. The zero-order valence-electron chi connectivity index (χ0n) is 11.1. The highest BCUT2D eigenvalue weighted by Crippen LogP contribution is 2.26. The summed E-state index contributed by atoms with van der Waals surface area (Å²) < 4.78 is 5.35. The molecule has 1 rings (SSSR count). The summed E-state index contributed by atoms with van der Waals surface area (Å²) in [6.45, 7) is 4.18. The summed E-state index contributed by atoms with van der Waals surface area (Å²) in [6.07, 6.45) is 1.11. The normalized spacial score (nSPS) is 11.7. The van der Waals surface area contributed by atoms with Gasteiger partial charge in [-0.3, -0.25) is 14.9 Å². The van der Waals surface area contributed by atoms with Gasteiger partial charge in [-0.25, -0.2) is 0 Å². The van der Waals surface area contributed by atoms with E-state index < -0.39 is 11.0 Å². The molecule has 0 bridgehead atoms. The number of amides is 1. The van der Waals surface area contributed by atoms with Crippen LogP contribution in [0.3, 0.4) is 0 Å². The Labute approximate surface area is 111 Å². The number of ether oxygens (including phenoxy) is 1. The van der Waals surface area contributed by atoms with E-state index in [1.54, 1.807) is 19.1 Å². The van der Waals surface area contributed by atoms with Crippen LogP contribution in [0.2, 0.25) is 0 Å². The highest BCUT2D eigenvalue weighted by atomic mass is 16.6. The van der Waals surface area contributed by atoms with Crippen molar-refractivity contribution in [3.05, 3.63) is 34.4 Å². The Hall–Kier alpha value is -2.11. The summed E-state index contributed by atoms with van der Waals surface area (Å²) >= 11 is 0. The third-order valence-corrected chi connectivity index (χ3v) is 2.56. The third-order valence-electron chi connectivity index (χ3n) is 2.56. The van der Waals surface area contributed by atoms with Gasteiger partial charge in [0, 0.05) is 12.6 Å². The van der Waals surface area contributed by atoms with Crippen molar-refractivity contribution >= 4 is 11.6 Å². The standard InChI is InChI=1S/C13H18N2O4/c1-3-4-9-14-13(16)10(2)19-12-8-6-5-7-11(12)15(17)18/h5-8,10H,3-4,9H2,1-2H3,(H,14,16). The van der Waals surface area contributed by atoms with Gasteiger partial charge < -0.3 is 10.1 Å². The number of nitrogens with one attached hydrogen (secondary N) is 1. The van der Waals surface area contributed by atoms with Crippen LogP contribution in [0, 0.1) is 10.1 Å². The molecule has 6 nitrogen and oxygen atoms in total. The molecule has 0 aliphatic heterocycles. The van der Waals surface area contributed by atoms with Crippen LogP contribution in [0.4, 0.5) is 5.69 Å². The lowest BCUT2D eigenvalue weighted by Crippen LogP contribution is -2.36. The first-order valence-electron chi connectivity index (χ1n) is 6.24. The van der Waals surface area contributed by atoms with Gasteiger partial charge in [0.1, 0.15) is 0 Å². The number of para-hydroxylation sites is 2. The molecule has 0 spiro atoms. The second kappa shape index (κ2) is 7.35. The van der Waals surface area contributed by atoms with Gasteiger partial charge >= 0.3 is 5.69 Å². The fourth-order valence-corrected chi connectivity index (χ4v) is 1.48. The van der Waals surface area contributed by atoms with Crippen LogP contribution in [0.25, 0.3) is 0 Å². The van der Waals surface area contributed by atoms with Gasteiger partial charge in [-0.15, -0.1) is 0 Å². The smallest absolute Gasteiger partial charge is 0.310 e. The maximum atomic E-state index is 11.7. The molecule has 104 valence electrons. The van der Waals surface area contributed by atoms with Crippen molar-refractivity contribution in [2.24, 2.45) is 0 Å². The van der Waals surface area contributed by atoms with Crippen LogP contribution in [-0.2, 0) is 4.79 Å². The minimum Gasteiger partial charge on any atom is -0.474 e. The molecule has 0 radical (unpaired) electrons. The summed E-state index contributed by atoms with van der Waals surface area (Å²) in [5.74, 6) is -0.169. The van der Waals surface area contributed by atoms with Crippen LogP contribution < -0.4 is 10.1 Å². The number of nitro groups is 1. The molecule has 0 saturated carbocycles. The minimum absolute atomic E-state index is 0.102. The third kappa shape index (κ3) is 4.57. The molecule has 1 amide bonds. The highest BCUT2D eigenvalue weighted by molar-refractivity contribution is 5.80. The predicted octanol–water partition coefficient (Wildman–Crippen LogP) is 2.28. The number of nitrogens with zero attached hydrogens (tertiary/aromatic N) is 1. The first-order chi connectivity index (χ1) is 9.06. The Kier molecular flexibility index (Phi) is 5.78. The minimum atomic E-state index is -0.766. The van der Waals surface area contributed by atoms with E-state index in [1.165, 1.54) is 12.1 Å². The van der Waals surface area contributed by atoms with E-state index >= 15 is 0 Å². The average molecular weight is 266 g/mol. The molecule has 1 aromatic carbocycles. The first-order valence-corrected chi connectivity index (χ1v) is 6.24. The second-order valence-electron chi connectivity index (χ2n) is 4.13. The molecular weight excluding hydrogens is 248 g/mol. The van der Waals surface area contributed by atoms with Gasteiger partial charge in [-0.05, 0) is 19.4 Å². The molecule has 0 aliphatic carbocycles. The summed E-state index contributed by atoms with van der Waals surface area (Å²) in [5, 5.41) is 13.5. The van der Waals surface area contributed by atoms with Crippen LogP contribution in [-0.4, -0.2) is 23.5 Å². The highest BCUT2D eigenvalue weighted by Gasteiger charge is 2.20. The maximum Gasteiger partial charge on any atom is 0.310 e. The zero-order valence-corrected chi connectivity index (χ0v) is 11.1. The number of nitro benzene ring substituents is 1. The molecule has 6 heteroatoms. The van der Waals surface area contributed by atoms with Gasteiger partial charge in [0.25, 0.3) is 5.91 Å². The van der Waals surface area contributed by atoms with Gasteiger partial charge in [0.05, 0.1) is 4.92 Å². The summed E-state index contributed by atoms with van der Waals surface area (Å²) in [5.41, 5.74) is -0.143. The molecule has 0 heterocycles. The van der Waals surface area contributed by atoms with Crippen molar-refractivity contribution in [1.82, 2.24) is 5.32 Å². The number of carbonyl (C=O) groups is 1. The van der Waals surface area contributed by atoms with Crippen molar-refractivity contribution in [3.8, 4) is 5.75 Å². The molecule has 1 aromatic rings. The van der Waals surface area contributed by atoms with Crippen LogP contribution in [0.15, 0.2) is 24.3 Å². The van der Waals surface area contributed by atoms with E-state index in [9.17, 15) is 14.9 Å². The molecule has 0 saturated heterocycles. The molecule has 0 aliphatic rings. The Morgan fingerprint density at radius 2 is 2.16 bits per heavy atom. The number of hydrogen-bond donors (Lipinski definition) is 1. The van der Waals surface area contributed by atoms with Gasteiger partial charge in [0.2, 0.25) is 0 Å². The quantitative estimate of drug-likeness (QED) is 0.466. The fourth-order valence-electron chi connectivity index (χ4n) is 1.48. The largest absolute Gasteiger partial charge is 0.474 e. The maximum absolute atomic E-state index is 11.7. The summed E-state index contributed by atoms with van der Waals surface area (Å²) in [6, 6.07) is 6.01. The van der Waals surface area contributed by atoms with Gasteiger partial charge in [-0.1, -0.05) is 25.5 Å². The number of benzene rings is 1. The van der Waals surface area contributed by atoms with E-state index in [0.717, 1.165) is 12.8 Å². The van der Waals surface area contributed by atoms with E-state index in [1.807, 2.05) is 6.92 Å². The van der Waals surface area contributed by atoms with Gasteiger partial charge in [0.15, 0.2) is 11.9 Å². The monoisotopic (exact) mass is 266 g/mol. The molecule has 19 heavy (non-hydrogen) atoms. The molecule has 1 N–H and O–H groups in total. The molecule has 1 atom stereocenters. The Balaban J connectivity index is 2.63. The Morgan fingerprint density at radius 3 is 2.79 bits per heavy atom. The van der Waals surface area contributed by atoms with Crippen molar-refractivity contribution in [2.45, 2.75) is 32.8 Å². The second-order valence-corrected chi connectivity index (χ2v) is 4.13. The molecule has 0 aromatic heterocycles. The fraction of sp³-hybridized carbons (Fsp3) is 0.462. The van der Waals surface area contributed by atoms with E-state index in [2.05, 4.69) is 5.32 Å². The van der Waals surface area contributed by atoms with Crippen molar-refractivity contribution in [3.63, 3.8) is 0 Å². The van der Waals surface area contributed by atoms with Crippen molar-refractivity contribution in [2.75, 3.05) is 6.54 Å². The lowest BCUT2D eigenvalue weighted by molar-refractivity contribution is -0.386. The van der Waals surface area contributed by atoms with Crippen molar-refractivity contribution in [1.29, 1.82) is 0 Å². The Morgan fingerprint density at radius 1 is 1.47 bits per heavy atom. The van der Waals surface area contributed by atoms with Crippen LogP contribution >= 0.6 is 0 Å². The van der Waals surface area contributed by atoms with E-state index in [4.69, 9.17) is 4.74 Å². The number of rotatable bonds is 7. The van der Waals surface area contributed by atoms with Crippen LogP contribution in [0.5, 0.6) is 5.75 Å². The number of unbranched alkanes of at least 4 members (excludes halogenated alkanes) is 1. The van der Waals surface area contributed by atoms with E-state index in [-0.39, 0.29) is 17.3 Å². The zero-order chi connectivity index (χ0) is 14.3. The topological polar surface area (TPSA) is 81.5 Å². The van der Waals surface area contributed by atoms with Crippen molar-refractivity contribution < 1.29 is 14.5 Å². The first kappa shape index (κ1) is 14.9.